The van der Waals surface area contributed by atoms with E-state index in [2.05, 4.69) is 4.72 Å². The summed E-state index contributed by atoms with van der Waals surface area (Å²) in [6.45, 7) is 4.08. The standard InChI is InChI=1S/C20H20FNO3S/c1-20(2)19(13-3-4-13)18(12-5-7-14(21)8-6-12)16-10-9-15(22-26(23)24)11-17(16)25-20/h5-11,13,22H,3-4H2,1-2H3,(H,23,24). The fourth-order valence-electron chi connectivity index (χ4n) is 3.75. The molecule has 6 heteroatoms. The first-order chi connectivity index (χ1) is 12.3. The molecule has 2 N–H and O–H groups in total. The monoisotopic (exact) mass is 373 g/mol. The van der Waals surface area contributed by atoms with Crippen molar-refractivity contribution in [2.75, 3.05) is 4.72 Å². The minimum absolute atomic E-state index is 0.265. The third-order valence-electron chi connectivity index (χ3n) is 4.86. The van der Waals surface area contributed by atoms with Gasteiger partial charge in [0.05, 0.1) is 5.69 Å². The van der Waals surface area contributed by atoms with E-state index in [4.69, 9.17) is 9.29 Å². The highest BCUT2D eigenvalue weighted by Gasteiger charge is 2.43. The van der Waals surface area contributed by atoms with Crippen LogP contribution in [0.2, 0.25) is 0 Å². The summed E-state index contributed by atoms with van der Waals surface area (Å²) >= 11 is -2.15. The van der Waals surface area contributed by atoms with Crippen LogP contribution in [0, 0.1) is 11.7 Å². The molecule has 1 unspecified atom stereocenters. The first kappa shape index (κ1) is 17.2. The molecular formula is C20H20FNO3S. The highest BCUT2D eigenvalue weighted by atomic mass is 32.2. The molecule has 2 aromatic carbocycles. The van der Waals surface area contributed by atoms with Crippen LogP contribution in [0.3, 0.4) is 0 Å². The first-order valence-corrected chi connectivity index (χ1v) is 9.67. The lowest BCUT2D eigenvalue weighted by molar-refractivity contribution is 0.138. The van der Waals surface area contributed by atoms with Crippen LogP contribution in [-0.2, 0) is 11.3 Å². The Bertz CT molecular complexity index is 917. The Hall–Kier alpha value is -2.18. The molecule has 0 bridgehead atoms. The Kier molecular flexibility index (Phi) is 4.12. The van der Waals surface area contributed by atoms with Crippen LogP contribution in [-0.4, -0.2) is 14.4 Å². The van der Waals surface area contributed by atoms with E-state index in [1.807, 2.05) is 19.9 Å². The molecule has 0 saturated heterocycles. The van der Waals surface area contributed by atoms with E-state index in [0.717, 1.165) is 29.5 Å². The van der Waals surface area contributed by atoms with Crippen molar-refractivity contribution in [3.05, 3.63) is 65.0 Å². The topological polar surface area (TPSA) is 58.6 Å². The molecule has 1 aliphatic carbocycles. The molecule has 136 valence electrons. The van der Waals surface area contributed by atoms with E-state index in [1.165, 1.54) is 17.7 Å². The summed E-state index contributed by atoms with van der Waals surface area (Å²) in [7, 11) is 0. The minimum atomic E-state index is -2.15. The zero-order valence-electron chi connectivity index (χ0n) is 14.6. The van der Waals surface area contributed by atoms with Crippen molar-refractivity contribution in [1.82, 2.24) is 0 Å². The molecule has 1 atom stereocenters. The summed E-state index contributed by atoms with van der Waals surface area (Å²) in [6.07, 6.45) is 2.26. The van der Waals surface area contributed by atoms with Gasteiger partial charge in [-0.15, -0.1) is 0 Å². The molecular weight excluding hydrogens is 353 g/mol. The van der Waals surface area contributed by atoms with Gasteiger partial charge in [0.15, 0.2) is 0 Å². The molecule has 1 heterocycles. The summed E-state index contributed by atoms with van der Waals surface area (Å²) in [4.78, 5) is 0. The molecule has 1 fully saturated rings. The van der Waals surface area contributed by atoms with Crippen LogP contribution >= 0.6 is 0 Å². The quantitative estimate of drug-likeness (QED) is 0.760. The van der Waals surface area contributed by atoms with E-state index in [0.29, 0.717) is 17.4 Å². The van der Waals surface area contributed by atoms with E-state index < -0.39 is 16.9 Å². The van der Waals surface area contributed by atoms with Crippen molar-refractivity contribution in [2.24, 2.45) is 5.92 Å². The smallest absolute Gasteiger partial charge is 0.259 e. The van der Waals surface area contributed by atoms with Gasteiger partial charge in [-0.25, -0.2) is 8.60 Å². The van der Waals surface area contributed by atoms with E-state index >= 15 is 0 Å². The zero-order valence-corrected chi connectivity index (χ0v) is 15.4. The number of benzene rings is 2. The van der Waals surface area contributed by atoms with Gasteiger partial charge in [0.1, 0.15) is 17.2 Å². The van der Waals surface area contributed by atoms with Crippen LogP contribution in [0.15, 0.2) is 48.0 Å². The normalized spacial score (nSPS) is 19.5. The molecule has 2 aromatic rings. The highest BCUT2D eigenvalue weighted by molar-refractivity contribution is 7.80. The molecule has 0 radical (unpaired) electrons. The van der Waals surface area contributed by atoms with Crippen molar-refractivity contribution in [3.63, 3.8) is 0 Å². The molecule has 4 rings (SSSR count). The lowest BCUT2D eigenvalue weighted by atomic mass is 9.80. The van der Waals surface area contributed by atoms with Gasteiger partial charge >= 0.3 is 0 Å². The molecule has 1 saturated carbocycles. The van der Waals surface area contributed by atoms with Crippen molar-refractivity contribution < 1.29 is 17.9 Å². The number of rotatable bonds is 4. The second kappa shape index (κ2) is 6.21. The molecule has 0 amide bonds. The number of hydrogen-bond donors (Lipinski definition) is 2. The van der Waals surface area contributed by atoms with Crippen LogP contribution in [0.25, 0.3) is 5.57 Å². The van der Waals surface area contributed by atoms with Crippen molar-refractivity contribution in [1.29, 1.82) is 0 Å². The molecule has 0 aromatic heterocycles. The number of nitrogens with one attached hydrogen (secondary N) is 1. The maximum atomic E-state index is 13.4. The SMILES string of the molecule is CC1(C)Oc2cc(NS(=O)O)ccc2C(c2ccc(F)cc2)=C1C1CC1. The average molecular weight is 373 g/mol. The van der Waals surface area contributed by atoms with Gasteiger partial charge in [0.2, 0.25) is 0 Å². The Morgan fingerprint density at radius 1 is 1.19 bits per heavy atom. The molecule has 4 nitrogen and oxygen atoms in total. The zero-order chi connectivity index (χ0) is 18.5. The van der Waals surface area contributed by atoms with Gasteiger partial charge in [0, 0.05) is 11.6 Å². The third-order valence-corrected chi connectivity index (χ3v) is 5.27. The van der Waals surface area contributed by atoms with E-state index in [1.54, 1.807) is 24.3 Å². The number of halogens is 1. The van der Waals surface area contributed by atoms with Crippen LogP contribution in [0.1, 0.15) is 37.8 Å². The van der Waals surface area contributed by atoms with Crippen molar-refractivity contribution in [2.45, 2.75) is 32.3 Å². The summed E-state index contributed by atoms with van der Waals surface area (Å²) < 4.78 is 42.3. The Labute approximate surface area is 154 Å². The Balaban J connectivity index is 1.91. The van der Waals surface area contributed by atoms with Gasteiger partial charge in [-0.2, -0.15) is 0 Å². The molecule has 1 aliphatic heterocycles. The van der Waals surface area contributed by atoms with Crippen molar-refractivity contribution in [3.8, 4) is 5.75 Å². The minimum Gasteiger partial charge on any atom is -0.483 e. The molecule has 26 heavy (non-hydrogen) atoms. The predicted octanol–water partition coefficient (Wildman–Crippen LogP) is 4.76. The largest absolute Gasteiger partial charge is 0.483 e. The number of anilines is 1. The summed E-state index contributed by atoms with van der Waals surface area (Å²) in [5.74, 6) is 0.856. The second-order valence-corrected chi connectivity index (χ2v) is 7.95. The van der Waals surface area contributed by atoms with Crippen LogP contribution in [0.4, 0.5) is 10.1 Å². The average Bonchev–Trinajstić information content (AvgIpc) is 3.37. The lowest BCUT2D eigenvalue weighted by Gasteiger charge is -2.38. The number of hydrogen-bond acceptors (Lipinski definition) is 2. The van der Waals surface area contributed by atoms with Gasteiger partial charge in [-0.1, -0.05) is 12.1 Å². The summed E-state index contributed by atoms with van der Waals surface area (Å²) in [6, 6.07) is 11.9. The summed E-state index contributed by atoms with van der Waals surface area (Å²) in [5, 5.41) is 0. The number of fused-ring (bicyclic) bond motifs is 1. The summed E-state index contributed by atoms with van der Waals surface area (Å²) in [5.41, 5.74) is 4.20. The van der Waals surface area contributed by atoms with Gasteiger partial charge in [-0.05, 0) is 73.6 Å². The molecule has 0 spiro atoms. The lowest BCUT2D eigenvalue weighted by Crippen LogP contribution is -2.36. The van der Waals surface area contributed by atoms with E-state index in [-0.39, 0.29) is 5.82 Å². The highest BCUT2D eigenvalue weighted by Crippen LogP contribution is 2.52. The van der Waals surface area contributed by atoms with Crippen molar-refractivity contribution >= 4 is 22.5 Å². The van der Waals surface area contributed by atoms with Crippen LogP contribution in [0.5, 0.6) is 5.75 Å². The first-order valence-electron chi connectivity index (χ1n) is 8.57. The van der Waals surface area contributed by atoms with Gasteiger partial charge < -0.3 is 4.74 Å². The van der Waals surface area contributed by atoms with Gasteiger partial charge in [0.25, 0.3) is 11.3 Å². The maximum Gasteiger partial charge on any atom is 0.259 e. The maximum absolute atomic E-state index is 13.4. The van der Waals surface area contributed by atoms with E-state index in [9.17, 15) is 8.60 Å². The van der Waals surface area contributed by atoms with Gasteiger partial charge in [-0.3, -0.25) is 9.27 Å². The van der Waals surface area contributed by atoms with Crippen LogP contribution < -0.4 is 9.46 Å². The Morgan fingerprint density at radius 3 is 2.50 bits per heavy atom. The third kappa shape index (κ3) is 3.15. The fourth-order valence-corrected chi connectivity index (χ4v) is 4.08. The fraction of sp³-hybridized carbons (Fsp3) is 0.300. The number of ether oxygens (including phenoxy) is 1. The Morgan fingerprint density at radius 2 is 1.88 bits per heavy atom. The predicted molar refractivity (Wildman–Crippen MR) is 101 cm³/mol. The molecule has 2 aliphatic rings. The second-order valence-electron chi connectivity index (χ2n) is 7.24.